The minimum atomic E-state index is -0.0217. The first-order valence-corrected chi connectivity index (χ1v) is 8.51. The van der Waals surface area contributed by atoms with Gasteiger partial charge in [-0.15, -0.1) is 23.1 Å². The second kappa shape index (κ2) is 6.90. The molecule has 1 aromatic carbocycles. The van der Waals surface area contributed by atoms with Gasteiger partial charge < -0.3 is 5.32 Å². The maximum absolute atomic E-state index is 12.0. The van der Waals surface area contributed by atoms with Crippen LogP contribution in [0.4, 0.5) is 5.13 Å². The minimum Gasteiger partial charge on any atom is -0.302 e. The first-order chi connectivity index (χ1) is 9.58. The van der Waals surface area contributed by atoms with Crippen LogP contribution in [0, 0.1) is 0 Å². The van der Waals surface area contributed by atoms with Crippen LogP contribution >= 0.6 is 23.1 Å². The first kappa shape index (κ1) is 15.1. The second-order valence-corrected chi connectivity index (χ2v) is 6.74. The molecule has 1 N–H and O–H groups in total. The number of aromatic nitrogens is 1. The largest absolute Gasteiger partial charge is 0.302 e. The molecule has 0 bridgehead atoms. The third-order valence-electron chi connectivity index (χ3n) is 2.86. The maximum Gasteiger partial charge on any atom is 0.230 e. The van der Waals surface area contributed by atoms with E-state index in [-0.39, 0.29) is 5.91 Å². The molecule has 0 aliphatic carbocycles. The molecular formula is C15H18N2OS2. The molecule has 5 heteroatoms. The molecule has 0 aliphatic heterocycles. The van der Waals surface area contributed by atoms with Crippen LogP contribution in [0.3, 0.4) is 0 Å². The summed E-state index contributed by atoms with van der Waals surface area (Å²) in [6.45, 7) is 4.23. The SMILES string of the molecule is CSc1ccc(CC(=O)Nc2ncc(C(C)C)s2)cc1. The van der Waals surface area contributed by atoms with E-state index in [2.05, 4.69) is 24.1 Å². The Morgan fingerprint density at radius 1 is 1.35 bits per heavy atom. The van der Waals surface area contributed by atoms with Gasteiger partial charge in [-0.2, -0.15) is 0 Å². The molecule has 20 heavy (non-hydrogen) atoms. The first-order valence-electron chi connectivity index (χ1n) is 6.47. The summed E-state index contributed by atoms with van der Waals surface area (Å²) >= 11 is 3.24. The van der Waals surface area contributed by atoms with Crippen LogP contribution in [-0.4, -0.2) is 17.1 Å². The summed E-state index contributed by atoms with van der Waals surface area (Å²) in [5.41, 5.74) is 1.01. The van der Waals surface area contributed by atoms with Crippen molar-refractivity contribution in [2.75, 3.05) is 11.6 Å². The van der Waals surface area contributed by atoms with Crippen molar-refractivity contribution in [3.63, 3.8) is 0 Å². The molecule has 2 aromatic rings. The van der Waals surface area contributed by atoms with Crippen LogP contribution < -0.4 is 5.32 Å². The lowest BCUT2D eigenvalue weighted by Crippen LogP contribution is -2.14. The number of hydrogen-bond donors (Lipinski definition) is 1. The highest BCUT2D eigenvalue weighted by Crippen LogP contribution is 2.25. The number of thioether (sulfide) groups is 1. The van der Waals surface area contributed by atoms with E-state index in [0.717, 1.165) is 5.56 Å². The number of carbonyl (C=O) groups is 1. The highest BCUT2D eigenvalue weighted by atomic mass is 32.2. The maximum atomic E-state index is 12.0. The lowest BCUT2D eigenvalue weighted by molar-refractivity contribution is -0.115. The van der Waals surface area contributed by atoms with Gasteiger partial charge in [-0.1, -0.05) is 26.0 Å². The van der Waals surface area contributed by atoms with Crippen LogP contribution in [0.15, 0.2) is 35.4 Å². The summed E-state index contributed by atoms with van der Waals surface area (Å²) < 4.78 is 0. The molecule has 0 unspecified atom stereocenters. The monoisotopic (exact) mass is 306 g/mol. The van der Waals surface area contributed by atoms with E-state index in [4.69, 9.17) is 0 Å². The molecule has 3 nitrogen and oxygen atoms in total. The molecule has 1 aromatic heterocycles. The number of hydrogen-bond acceptors (Lipinski definition) is 4. The van der Waals surface area contributed by atoms with Gasteiger partial charge in [-0.3, -0.25) is 4.79 Å². The molecule has 0 radical (unpaired) electrons. The van der Waals surface area contributed by atoms with E-state index in [1.165, 1.54) is 21.1 Å². The van der Waals surface area contributed by atoms with Crippen LogP contribution in [0.1, 0.15) is 30.2 Å². The van der Waals surface area contributed by atoms with E-state index < -0.39 is 0 Å². The molecule has 0 spiro atoms. The van der Waals surface area contributed by atoms with Crippen molar-refractivity contribution < 1.29 is 4.79 Å². The Hall–Kier alpha value is -1.33. The normalized spacial score (nSPS) is 10.8. The van der Waals surface area contributed by atoms with Gasteiger partial charge in [0.25, 0.3) is 0 Å². The Bertz CT molecular complexity index is 576. The van der Waals surface area contributed by atoms with Gasteiger partial charge in [-0.25, -0.2) is 4.98 Å². The fourth-order valence-electron chi connectivity index (χ4n) is 1.70. The smallest absolute Gasteiger partial charge is 0.230 e. The summed E-state index contributed by atoms with van der Waals surface area (Å²) in [6.07, 6.45) is 4.25. The molecular weight excluding hydrogens is 288 g/mol. The average Bonchev–Trinajstić information content (AvgIpc) is 2.88. The van der Waals surface area contributed by atoms with Crippen molar-refractivity contribution in [2.45, 2.75) is 31.1 Å². The topological polar surface area (TPSA) is 42.0 Å². The van der Waals surface area contributed by atoms with Gasteiger partial charge >= 0.3 is 0 Å². The Balaban J connectivity index is 1.93. The van der Waals surface area contributed by atoms with Gasteiger partial charge in [0.1, 0.15) is 0 Å². The number of anilines is 1. The van der Waals surface area contributed by atoms with Crippen LogP contribution in [-0.2, 0) is 11.2 Å². The van der Waals surface area contributed by atoms with E-state index in [1.54, 1.807) is 11.8 Å². The second-order valence-electron chi connectivity index (χ2n) is 4.80. The number of rotatable bonds is 5. The molecule has 2 rings (SSSR count). The summed E-state index contributed by atoms with van der Waals surface area (Å²) in [5, 5.41) is 3.54. The zero-order valence-electron chi connectivity index (χ0n) is 11.8. The van der Waals surface area contributed by atoms with Crippen molar-refractivity contribution in [1.82, 2.24) is 4.98 Å². The average molecular weight is 306 g/mol. The van der Waals surface area contributed by atoms with Gasteiger partial charge in [0.15, 0.2) is 5.13 Å². The number of carbonyl (C=O) groups excluding carboxylic acids is 1. The molecule has 1 heterocycles. The van der Waals surface area contributed by atoms with Gasteiger partial charge in [0.2, 0.25) is 5.91 Å². The number of amides is 1. The number of nitrogens with one attached hydrogen (secondary N) is 1. The fraction of sp³-hybridized carbons (Fsp3) is 0.333. The molecule has 1 amide bonds. The van der Waals surface area contributed by atoms with Crippen molar-refractivity contribution in [3.8, 4) is 0 Å². The number of thiazole rings is 1. The number of nitrogens with zero attached hydrogens (tertiary/aromatic N) is 1. The van der Waals surface area contributed by atoms with Crippen molar-refractivity contribution in [2.24, 2.45) is 0 Å². The lowest BCUT2D eigenvalue weighted by Gasteiger charge is -2.03. The summed E-state index contributed by atoms with van der Waals surface area (Å²) in [7, 11) is 0. The Morgan fingerprint density at radius 3 is 2.60 bits per heavy atom. The van der Waals surface area contributed by atoms with Crippen molar-refractivity contribution in [3.05, 3.63) is 40.9 Å². The summed E-state index contributed by atoms with van der Waals surface area (Å²) in [5.74, 6) is 0.420. The lowest BCUT2D eigenvalue weighted by atomic mass is 10.1. The zero-order chi connectivity index (χ0) is 14.5. The molecule has 0 saturated carbocycles. The Labute approximate surface area is 127 Å². The quantitative estimate of drug-likeness (QED) is 0.843. The van der Waals surface area contributed by atoms with Crippen LogP contribution in [0.25, 0.3) is 0 Å². The third kappa shape index (κ3) is 4.08. The fourth-order valence-corrected chi connectivity index (χ4v) is 2.95. The molecule has 0 saturated heterocycles. The highest BCUT2D eigenvalue weighted by Gasteiger charge is 2.09. The van der Waals surface area contributed by atoms with Crippen molar-refractivity contribution >= 4 is 34.1 Å². The van der Waals surface area contributed by atoms with Crippen molar-refractivity contribution in [1.29, 1.82) is 0 Å². The molecule has 0 aliphatic rings. The molecule has 0 fully saturated rings. The summed E-state index contributed by atoms with van der Waals surface area (Å²) in [4.78, 5) is 18.6. The van der Waals surface area contributed by atoms with Gasteiger partial charge in [-0.05, 0) is 29.9 Å². The summed E-state index contributed by atoms with van der Waals surface area (Å²) in [6, 6.07) is 8.06. The highest BCUT2D eigenvalue weighted by molar-refractivity contribution is 7.98. The Kier molecular flexibility index (Phi) is 5.20. The molecule has 0 atom stereocenters. The van der Waals surface area contributed by atoms with Gasteiger partial charge in [0, 0.05) is 16.0 Å². The minimum absolute atomic E-state index is 0.0217. The zero-order valence-corrected chi connectivity index (χ0v) is 13.5. The van der Waals surface area contributed by atoms with E-state index >= 15 is 0 Å². The predicted octanol–water partition coefficient (Wildman–Crippen LogP) is 4.17. The van der Waals surface area contributed by atoms with Crippen LogP contribution in [0.5, 0.6) is 0 Å². The van der Waals surface area contributed by atoms with E-state index in [1.807, 2.05) is 36.7 Å². The molecule has 106 valence electrons. The Morgan fingerprint density at radius 2 is 2.05 bits per heavy atom. The third-order valence-corrected chi connectivity index (χ3v) is 4.82. The standard InChI is InChI=1S/C15H18N2OS2/c1-10(2)13-9-16-15(20-13)17-14(18)8-11-4-6-12(19-3)7-5-11/h4-7,9-10H,8H2,1-3H3,(H,16,17,18). The van der Waals surface area contributed by atoms with E-state index in [9.17, 15) is 4.79 Å². The predicted molar refractivity (Wildman–Crippen MR) is 86.8 cm³/mol. The van der Waals surface area contributed by atoms with E-state index in [0.29, 0.717) is 17.5 Å². The van der Waals surface area contributed by atoms with Gasteiger partial charge in [0.05, 0.1) is 6.42 Å². The number of benzene rings is 1. The van der Waals surface area contributed by atoms with Crippen LogP contribution in [0.2, 0.25) is 0 Å².